The van der Waals surface area contributed by atoms with Crippen LogP contribution in [0.4, 0.5) is 0 Å². The second kappa shape index (κ2) is 7.47. The number of hydrogen-bond acceptors (Lipinski definition) is 5. The van der Waals surface area contributed by atoms with Crippen molar-refractivity contribution in [3.63, 3.8) is 0 Å². The Morgan fingerprint density at radius 2 is 2.27 bits per heavy atom. The highest BCUT2D eigenvalue weighted by Gasteiger charge is 2.15. The molecule has 3 rings (SSSR count). The molecule has 2 aliphatic heterocycles. The second-order valence-electron chi connectivity index (χ2n) is 5.57. The van der Waals surface area contributed by atoms with Crippen molar-refractivity contribution in [2.45, 2.75) is 25.4 Å². The number of rotatable bonds is 6. The highest BCUT2D eigenvalue weighted by atomic mass is 16.7. The van der Waals surface area contributed by atoms with Gasteiger partial charge in [-0.2, -0.15) is 0 Å². The van der Waals surface area contributed by atoms with E-state index < -0.39 is 0 Å². The van der Waals surface area contributed by atoms with Crippen LogP contribution < -0.4 is 20.1 Å². The molecule has 1 atom stereocenters. The maximum Gasteiger partial charge on any atom is 0.246 e. The number of piperidine rings is 1. The molecule has 0 aromatic heterocycles. The molecule has 0 radical (unpaired) electrons. The second-order valence-corrected chi connectivity index (χ2v) is 5.57. The van der Waals surface area contributed by atoms with Crippen LogP contribution in [0.3, 0.4) is 0 Å². The van der Waals surface area contributed by atoms with Gasteiger partial charge in [-0.1, -0.05) is 6.07 Å². The molecule has 1 aromatic carbocycles. The molecule has 120 valence electrons. The fourth-order valence-corrected chi connectivity index (χ4v) is 2.65. The Morgan fingerprint density at radius 1 is 1.36 bits per heavy atom. The summed E-state index contributed by atoms with van der Waals surface area (Å²) in [6, 6.07) is 5.85. The molecule has 6 heteroatoms. The summed E-state index contributed by atoms with van der Waals surface area (Å²) in [5.41, 5.74) is 1.11. The van der Waals surface area contributed by atoms with Crippen molar-refractivity contribution in [3.05, 3.63) is 23.8 Å². The molecule has 1 unspecified atom stereocenters. The Bertz CT molecular complexity index is 515. The van der Waals surface area contributed by atoms with E-state index in [1.54, 1.807) is 0 Å². The van der Waals surface area contributed by atoms with E-state index in [0.717, 1.165) is 49.4 Å². The number of carbonyl (C=O) groups is 1. The normalized spacial score (nSPS) is 19.9. The maximum absolute atomic E-state index is 11.8. The first kappa shape index (κ1) is 15.1. The molecule has 0 bridgehead atoms. The van der Waals surface area contributed by atoms with E-state index in [1.807, 2.05) is 18.2 Å². The molecule has 22 heavy (non-hydrogen) atoms. The van der Waals surface area contributed by atoms with Crippen molar-refractivity contribution < 1.29 is 19.0 Å². The Kier molecular flexibility index (Phi) is 5.13. The molecule has 2 N–H and O–H groups in total. The Balaban J connectivity index is 1.34. The summed E-state index contributed by atoms with van der Waals surface area (Å²) in [5.74, 6) is 1.49. The van der Waals surface area contributed by atoms with Gasteiger partial charge in [0.15, 0.2) is 11.5 Å². The third-order valence-corrected chi connectivity index (χ3v) is 3.87. The number of nitrogens with one attached hydrogen (secondary N) is 2. The lowest BCUT2D eigenvalue weighted by Crippen LogP contribution is -2.38. The first-order chi connectivity index (χ1) is 10.8. The molecule has 0 aliphatic carbocycles. The summed E-state index contributed by atoms with van der Waals surface area (Å²) in [5, 5.41) is 6.15. The van der Waals surface area contributed by atoms with E-state index in [2.05, 4.69) is 10.6 Å². The molecule has 1 aromatic rings. The van der Waals surface area contributed by atoms with Gasteiger partial charge in [0, 0.05) is 13.1 Å². The molecule has 2 heterocycles. The van der Waals surface area contributed by atoms with Gasteiger partial charge in [0.05, 0.1) is 6.10 Å². The largest absolute Gasteiger partial charge is 0.454 e. The van der Waals surface area contributed by atoms with Gasteiger partial charge in [0.1, 0.15) is 6.61 Å². The van der Waals surface area contributed by atoms with Gasteiger partial charge in [-0.05, 0) is 43.5 Å². The highest BCUT2D eigenvalue weighted by Crippen LogP contribution is 2.32. The van der Waals surface area contributed by atoms with Crippen LogP contribution in [-0.4, -0.2) is 45.0 Å². The van der Waals surface area contributed by atoms with Crippen molar-refractivity contribution in [1.29, 1.82) is 0 Å². The van der Waals surface area contributed by atoms with Crippen molar-refractivity contribution in [1.82, 2.24) is 10.6 Å². The lowest BCUT2D eigenvalue weighted by Gasteiger charge is -2.22. The number of benzene rings is 1. The summed E-state index contributed by atoms with van der Waals surface area (Å²) in [4.78, 5) is 11.8. The molecule has 1 saturated heterocycles. The highest BCUT2D eigenvalue weighted by molar-refractivity contribution is 5.77. The van der Waals surface area contributed by atoms with E-state index in [-0.39, 0.29) is 25.4 Å². The van der Waals surface area contributed by atoms with Crippen LogP contribution in [0.1, 0.15) is 18.4 Å². The zero-order valence-corrected chi connectivity index (χ0v) is 12.6. The van der Waals surface area contributed by atoms with Crippen molar-refractivity contribution in [2.75, 3.05) is 33.0 Å². The third kappa shape index (κ3) is 4.11. The predicted molar refractivity (Wildman–Crippen MR) is 81.1 cm³/mol. The molecule has 0 saturated carbocycles. The molecule has 1 fully saturated rings. The first-order valence-corrected chi connectivity index (χ1v) is 7.79. The predicted octanol–water partition coefficient (Wildman–Crippen LogP) is 0.843. The zero-order chi connectivity index (χ0) is 15.2. The quantitative estimate of drug-likeness (QED) is 0.815. The SMILES string of the molecule is O=C(COC1CCCNC1)NCCc1ccc2c(c1)OCO2. The molecular weight excluding hydrogens is 284 g/mol. The molecule has 0 spiro atoms. The maximum atomic E-state index is 11.8. The standard InChI is InChI=1S/C16H22N2O4/c19-16(10-20-13-2-1-6-17-9-13)18-7-5-12-3-4-14-15(8-12)22-11-21-14/h3-4,8,13,17H,1-2,5-7,9-11H2,(H,18,19). The van der Waals surface area contributed by atoms with Crippen LogP contribution in [0.2, 0.25) is 0 Å². The van der Waals surface area contributed by atoms with Gasteiger partial charge in [-0.25, -0.2) is 0 Å². The molecular formula is C16H22N2O4. The van der Waals surface area contributed by atoms with E-state index in [0.29, 0.717) is 6.54 Å². The number of carbonyl (C=O) groups excluding carboxylic acids is 1. The van der Waals surface area contributed by atoms with Crippen molar-refractivity contribution in [3.8, 4) is 11.5 Å². The molecule has 6 nitrogen and oxygen atoms in total. The molecule has 1 amide bonds. The lowest BCUT2D eigenvalue weighted by atomic mass is 10.1. The van der Waals surface area contributed by atoms with Crippen LogP contribution in [0.5, 0.6) is 11.5 Å². The minimum absolute atomic E-state index is 0.0636. The van der Waals surface area contributed by atoms with E-state index in [9.17, 15) is 4.79 Å². The van der Waals surface area contributed by atoms with Crippen molar-refractivity contribution in [2.24, 2.45) is 0 Å². The fraction of sp³-hybridized carbons (Fsp3) is 0.562. The molecule has 2 aliphatic rings. The summed E-state index contributed by atoms with van der Waals surface area (Å²) < 4.78 is 16.2. The first-order valence-electron chi connectivity index (χ1n) is 7.79. The minimum atomic E-state index is -0.0636. The monoisotopic (exact) mass is 306 g/mol. The topological polar surface area (TPSA) is 68.8 Å². The van der Waals surface area contributed by atoms with Gasteiger partial charge in [-0.15, -0.1) is 0 Å². The van der Waals surface area contributed by atoms with Crippen molar-refractivity contribution >= 4 is 5.91 Å². The number of ether oxygens (including phenoxy) is 3. The summed E-state index contributed by atoms with van der Waals surface area (Å²) in [6.45, 7) is 2.88. The van der Waals surface area contributed by atoms with Crippen LogP contribution in [0, 0.1) is 0 Å². The summed E-state index contributed by atoms with van der Waals surface area (Å²) >= 11 is 0. The Hall–Kier alpha value is -1.79. The smallest absolute Gasteiger partial charge is 0.246 e. The zero-order valence-electron chi connectivity index (χ0n) is 12.6. The van der Waals surface area contributed by atoms with E-state index in [4.69, 9.17) is 14.2 Å². The Labute approximate surface area is 130 Å². The number of fused-ring (bicyclic) bond motifs is 1. The number of amides is 1. The summed E-state index contributed by atoms with van der Waals surface area (Å²) in [7, 11) is 0. The van der Waals surface area contributed by atoms with Gasteiger partial charge in [-0.3, -0.25) is 4.79 Å². The van der Waals surface area contributed by atoms with E-state index >= 15 is 0 Å². The number of hydrogen-bond donors (Lipinski definition) is 2. The average Bonchev–Trinajstić information content (AvgIpc) is 3.02. The van der Waals surface area contributed by atoms with Gasteiger partial charge in [0.25, 0.3) is 0 Å². The minimum Gasteiger partial charge on any atom is -0.454 e. The van der Waals surface area contributed by atoms with Crippen LogP contribution >= 0.6 is 0 Å². The Morgan fingerprint density at radius 3 is 3.14 bits per heavy atom. The third-order valence-electron chi connectivity index (χ3n) is 3.87. The van der Waals surface area contributed by atoms with Crippen LogP contribution in [0.25, 0.3) is 0 Å². The van der Waals surface area contributed by atoms with Crippen LogP contribution in [0.15, 0.2) is 18.2 Å². The van der Waals surface area contributed by atoms with Gasteiger partial charge >= 0.3 is 0 Å². The van der Waals surface area contributed by atoms with Gasteiger partial charge < -0.3 is 24.8 Å². The summed E-state index contributed by atoms with van der Waals surface area (Å²) in [6.07, 6.45) is 3.05. The van der Waals surface area contributed by atoms with E-state index in [1.165, 1.54) is 0 Å². The lowest BCUT2D eigenvalue weighted by molar-refractivity contribution is -0.128. The van der Waals surface area contributed by atoms with Crippen LogP contribution in [-0.2, 0) is 16.0 Å². The van der Waals surface area contributed by atoms with Gasteiger partial charge in [0.2, 0.25) is 12.7 Å². The fourth-order valence-electron chi connectivity index (χ4n) is 2.65. The average molecular weight is 306 g/mol.